The second-order valence-electron chi connectivity index (χ2n) is 4.58. The normalized spacial score (nSPS) is 18.3. The number of allylic oxidation sites excluding steroid dienone is 1. The fourth-order valence-electron chi connectivity index (χ4n) is 2.55. The zero-order valence-electron chi connectivity index (χ0n) is 10.5. The highest BCUT2D eigenvalue weighted by atomic mass is 15.3. The third kappa shape index (κ3) is 2.19. The van der Waals surface area contributed by atoms with E-state index in [-0.39, 0.29) is 0 Å². The molecule has 0 fully saturated rings. The van der Waals surface area contributed by atoms with Gasteiger partial charge in [0.25, 0.3) is 0 Å². The molecule has 1 aliphatic rings. The summed E-state index contributed by atoms with van der Waals surface area (Å²) in [6.07, 6.45) is 7.50. The summed E-state index contributed by atoms with van der Waals surface area (Å²) in [5.74, 6) is 0. The number of rotatable bonds is 3. The van der Waals surface area contributed by atoms with Gasteiger partial charge in [-0.05, 0) is 45.7 Å². The molecule has 0 aromatic carbocycles. The Morgan fingerprint density at radius 1 is 1.44 bits per heavy atom. The Morgan fingerprint density at radius 3 is 2.75 bits per heavy atom. The van der Waals surface area contributed by atoms with Gasteiger partial charge < -0.3 is 5.32 Å². The highest BCUT2D eigenvalue weighted by molar-refractivity contribution is 5.25. The smallest absolute Gasteiger partial charge is 0.0705 e. The summed E-state index contributed by atoms with van der Waals surface area (Å²) in [4.78, 5) is 0. The lowest BCUT2D eigenvalue weighted by Gasteiger charge is -2.23. The van der Waals surface area contributed by atoms with Gasteiger partial charge in [0.2, 0.25) is 0 Å². The maximum absolute atomic E-state index is 4.42. The summed E-state index contributed by atoms with van der Waals surface area (Å²) >= 11 is 0. The first-order valence-corrected chi connectivity index (χ1v) is 6.09. The number of aromatic nitrogens is 2. The molecule has 2 rings (SSSR count). The van der Waals surface area contributed by atoms with E-state index < -0.39 is 0 Å². The minimum absolute atomic E-state index is 0.339. The highest BCUT2D eigenvalue weighted by Gasteiger charge is 2.19. The molecule has 16 heavy (non-hydrogen) atoms. The van der Waals surface area contributed by atoms with Crippen LogP contribution in [0.5, 0.6) is 0 Å². The van der Waals surface area contributed by atoms with Crippen LogP contribution in [0.3, 0.4) is 0 Å². The van der Waals surface area contributed by atoms with Crippen molar-refractivity contribution in [2.24, 2.45) is 7.05 Å². The van der Waals surface area contributed by atoms with E-state index in [1.807, 2.05) is 25.7 Å². The van der Waals surface area contributed by atoms with Crippen LogP contribution in [-0.2, 0) is 7.05 Å². The molecule has 0 amide bonds. The minimum atomic E-state index is 0.339. The predicted octanol–water partition coefficient (Wildman–Crippen LogP) is 2.49. The van der Waals surface area contributed by atoms with E-state index in [9.17, 15) is 0 Å². The van der Waals surface area contributed by atoms with Crippen LogP contribution in [0.15, 0.2) is 17.7 Å². The van der Waals surface area contributed by atoms with E-state index >= 15 is 0 Å². The van der Waals surface area contributed by atoms with Crippen LogP contribution in [0.1, 0.15) is 43.1 Å². The Kier molecular flexibility index (Phi) is 3.44. The molecule has 3 nitrogen and oxygen atoms in total. The summed E-state index contributed by atoms with van der Waals surface area (Å²) in [6, 6.07) is 2.52. The van der Waals surface area contributed by atoms with E-state index in [1.54, 1.807) is 0 Å². The van der Waals surface area contributed by atoms with Crippen molar-refractivity contribution in [2.75, 3.05) is 7.05 Å². The van der Waals surface area contributed by atoms with Crippen LogP contribution >= 0.6 is 0 Å². The molecule has 1 heterocycles. The van der Waals surface area contributed by atoms with Gasteiger partial charge in [0.15, 0.2) is 0 Å². The van der Waals surface area contributed by atoms with Gasteiger partial charge >= 0.3 is 0 Å². The zero-order chi connectivity index (χ0) is 11.5. The fourth-order valence-corrected chi connectivity index (χ4v) is 2.55. The molecular weight excluding hydrogens is 198 g/mol. The average molecular weight is 219 g/mol. The van der Waals surface area contributed by atoms with Gasteiger partial charge in [-0.2, -0.15) is 5.10 Å². The number of likely N-dealkylation sites (N-methyl/N-ethyl adjacent to an activating group) is 1. The third-order valence-electron chi connectivity index (χ3n) is 3.32. The fraction of sp³-hybridized carbons (Fsp3) is 0.615. The Balaban J connectivity index is 2.28. The molecule has 0 spiro atoms. The second kappa shape index (κ2) is 4.83. The van der Waals surface area contributed by atoms with Crippen molar-refractivity contribution >= 4 is 0 Å². The summed E-state index contributed by atoms with van der Waals surface area (Å²) < 4.78 is 1.99. The molecule has 0 saturated carbocycles. The number of hydrogen-bond donors (Lipinski definition) is 1. The molecule has 1 aromatic heterocycles. The van der Waals surface area contributed by atoms with Crippen molar-refractivity contribution < 1.29 is 0 Å². The SMILES string of the molecule is CNC(C1=CCCCC1)c1cc(C)nn1C. The molecule has 1 aromatic rings. The molecule has 88 valence electrons. The van der Waals surface area contributed by atoms with E-state index in [0.29, 0.717) is 6.04 Å². The number of aryl methyl sites for hydroxylation is 2. The largest absolute Gasteiger partial charge is 0.308 e. The summed E-state index contributed by atoms with van der Waals surface area (Å²) in [5.41, 5.74) is 3.89. The maximum atomic E-state index is 4.42. The minimum Gasteiger partial charge on any atom is -0.308 e. The van der Waals surface area contributed by atoms with E-state index in [4.69, 9.17) is 0 Å². The average Bonchev–Trinajstić information content (AvgIpc) is 2.61. The number of hydrogen-bond acceptors (Lipinski definition) is 2. The van der Waals surface area contributed by atoms with Crippen molar-refractivity contribution in [3.63, 3.8) is 0 Å². The molecule has 0 radical (unpaired) electrons. The number of nitrogens with zero attached hydrogens (tertiary/aromatic N) is 2. The van der Waals surface area contributed by atoms with Gasteiger partial charge in [0.05, 0.1) is 17.4 Å². The third-order valence-corrected chi connectivity index (χ3v) is 3.32. The first-order valence-electron chi connectivity index (χ1n) is 6.09. The van der Waals surface area contributed by atoms with Crippen molar-refractivity contribution in [3.05, 3.63) is 29.1 Å². The molecule has 0 aliphatic heterocycles. The maximum Gasteiger partial charge on any atom is 0.0705 e. The monoisotopic (exact) mass is 219 g/mol. The van der Waals surface area contributed by atoms with Crippen LogP contribution in [0.25, 0.3) is 0 Å². The van der Waals surface area contributed by atoms with E-state index in [1.165, 1.54) is 37.0 Å². The molecule has 0 saturated heterocycles. The standard InChI is InChI=1S/C13H21N3/c1-10-9-12(16(3)15-10)13(14-2)11-7-5-4-6-8-11/h7,9,13-14H,4-6,8H2,1-3H3. The van der Waals surface area contributed by atoms with Crippen molar-refractivity contribution in [1.82, 2.24) is 15.1 Å². The molecule has 1 aliphatic carbocycles. The second-order valence-corrected chi connectivity index (χ2v) is 4.58. The lowest BCUT2D eigenvalue weighted by molar-refractivity contribution is 0.553. The zero-order valence-corrected chi connectivity index (χ0v) is 10.5. The Bertz CT molecular complexity index is 390. The van der Waals surface area contributed by atoms with E-state index in [2.05, 4.69) is 22.6 Å². The van der Waals surface area contributed by atoms with Crippen LogP contribution in [0.4, 0.5) is 0 Å². The van der Waals surface area contributed by atoms with E-state index in [0.717, 1.165) is 5.69 Å². The van der Waals surface area contributed by atoms with Crippen LogP contribution in [0, 0.1) is 6.92 Å². The van der Waals surface area contributed by atoms with Gasteiger partial charge in [-0.25, -0.2) is 0 Å². The summed E-state index contributed by atoms with van der Waals surface area (Å²) in [7, 11) is 4.05. The molecule has 1 atom stereocenters. The van der Waals surface area contributed by atoms with Gasteiger partial charge in [-0.15, -0.1) is 0 Å². The molecule has 1 unspecified atom stereocenters. The van der Waals surface area contributed by atoms with Gasteiger partial charge in [0.1, 0.15) is 0 Å². The molecule has 1 N–H and O–H groups in total. The molecular formula is C13H21N3. The Hall–Kier alpha value is -1.09. The molecule has 3 heteroatoms. The summed E-state index contributed by atoms with van der Waals surface area (Å²) in [5, 5.41) is 7.84. The van der Waals surface area contributed by atoms with Crippen LogP contribution in [-0.4, -0.2) is 16.8 Å². The van der Waals surface area contributed by atoms with Crippen molar-refractivity contribution in [3.8, 4) is 0 Å². The van der Waals surface area contributed by atoms with Crippen LogP contribution < -0.4 is 5.32 Å². The van der Waals surface area contributed by atoms with Crippen molar-refractivity contribution in [1.29, 1.82) is 0 Å². The van der Waals surface area contributed by atoms with Gasteiger partial charge in [-0.3, -0.25) is 4.68 Å². The molecule has 0 bridgehead atoms. The van der Waals surface area contributed by atoms with Gasteiger partial charge in [-0.1, -0.05) is 11.6 Å². The first kappa shape index (κ1) is 11.4. The summed E-state index contributed by atoms with van der Waals surface area (Å²) in [6.45, 7) is 2.05. The van der Waals surface area contributed by atoms with Crippen LogP contribution in [0.2, 0.25) is 0 Å². The van der Waals surface area contributed by atoms with Gasteiger partial charge in [0, 0.05) is 7.05 Å². The highest BCUT2D eigenvalue weighted by Crippen LogP contribution is 2.29. The quantitative estimate of drug-likeness (QED) is 0.792. The predicted molar refractivity (Wildman–Crippen MR) is 66.3 cm³/mol. The lowest BCUT2D eigenvalue weighted by Crippen LogP contribution is -2.22. The Morgan fingerprint density at radius 2 is 2.25 bits per heavy atom. The number of nitrogens with one attached hydrogen (secondary N) is 1. The lowest BCUT2D eigenvalue weighted by atomic mass is 9.92. The first-order chi connectivity index (χ1) is 7.72. The topological polar surface area (TPSA) is 29.9 Å². The van der Waals surface area contributed by atoms with Crippen molar-refractivity contribution in [2.45, 2.75) is 38.6 Å². The Labute approximate surface area is 97.5 Å².